The zero-order valence-electron chi connectivity index (χ0n) is 10.7. The van der Waals surface area contributed by atoms with Crippen molar-refractivity contribution >= 4 is 17.3 Å². The molecule has 1 aromatic rings. The number of hydrogen-bond donors (Lipinski definition) is 1. The number of hydrogen-bond acceptors (Lipinski definition) is 4. The second-order valence-electron chi connectivity index (χ2n) is 4.00. The number of carbonyl (C=O) groups is 1. The first-order chi connectivity index (χ1) is 9.01. The van der Waals surface area contributed by atoms with Crippen LogP contribution in [0.3, 0.4) is 0 Å². The number of rotatable bonds is 7. The lowest BCUT2D eigenvalue weighted by atomic mass is 10.1. The highest BCUT2D eigenvalue weighted by atomic mass is 16.6. The van der Waals surface area contributed by atoms with Gasteiger partial charge in [0.05, 0.1) is 10.5 Å². The predicted octanol–water partition coefficient (Wildman–Crippen LogP) is 2.70. The van der Waals surface area contributed by atoms with Gasteiger partial charge in [-0.15, -0.1) is 6.58 Å². The summed E-state index contributed by atoms with van der Waals surface area (Å²) in [4.78, 5) is 23.2. The molecule has 0 saturated carbocycles. The highest BCUT2D eigenvalue weighted by Gasteiger charge is 2.20. The Labute approximate surface area is 111 Å². The molecule has 1 N–H and O–H groups in total. The molecule has 0 aliphatic heterocycles. The fraction of sp³-hybridized carbons (Fsp3) is 0.308. The molecule has 0 aromatic heterocycles. The Morgan fingerprint density at radius 3 is 2.74 bits per heavy atom. The normalized spacial score (nSPS) is 9.95. The molecule has 0 amide bonds. The molecule has 0 bridgehead atoms. The van der Waals surface area contributed by atoms with Crippen LogP contribution in [-0.4, -0.2) is 29.1 Å². The predicted molar refractivity (Wildman–Crippen MR) is 72.8 cm³/mol. The summed E-state index contributed by atoms with van der Waals surface area (Å²) in [7, 11) is 0. The molecule has 0 saturated heterocycles. The Morgan fingerprint density at radius 1 is 1.58 bits per heavy atom. The van der Waals surface area contributed by atoms with E-state index < -0.39 is 10.9 Å². The van der Waals surface area contributed by atoms with Crippen LogP contribution in [-0.2, 0) is 0 Å². The number of nitro benzene ring substituents is 1. The van der Waals surface area contributed by atoms with Gasteiger partial charge in [0.15, 0.2) is 0 Å². The second kappa shape index (κ2) is 6.53. The maximum atomic E-state index is 11.1. The van der Waals surface area contributed by atoms with Crippen LogP contribution in [0.2, 0.25) is 0 Å². The summed E-state index contributed by atoms with van der Waals surface area (Å²) in [5, 5.41) is 19.9. The number of nitro groups is 1. The lowest BCUT2D eigenvalue weighted by Crippen LogP contribution is -2.25. The van der Waals surface area contributed by atoms with Crippen LogP contribution < -0.4 is 4.90 Å². The van der Waals surface area contributed by atoms with Gasteiger partial charge in [-0.2, -0.15) is 0 Å². The Morgan fingerprint density at radius 2 is 2.26 bits per heavy atom. The van der Waals surface area contributed by atoms with Crippen molar-refractivity contribution in [2.75, 3.05) is 18.0 Å². The molecule has 1 aromatic carbocycles. The third kappa shape index (κ3) is 3.54. The number of benzene rings is 1. The highest BCUT2D eigenvalue weighted by molar-refractivity contribution is 5.89. The van der Waals surface area contributed by atoms with Gasteiger partial charge in [0.2, 0.25) is 0 Å². The first kappa shape index (κ1) is 14.7. The van der Waals surface area contributed by atoms with E-state index in [1.54, 1.807) is 11.0 Å². The van der Waals surface area contributed by atoms with E-state index in [4.69, 9.17) is 5.11 Å². The molecule has 102 valence electrons. The van der Waals surface area contributed by atoms with Crippen LogP contribution in [0, 0.1) is 10.1 Å². The number of nitrogens with zero attached hydrogens (tertiary/aromatic N) is 2. The monoisotopic (exact) mass is 264 g/mol. The first-order valence-corrected chi connectivity index (χ1v) is 5.88. The largest absolute Gasteiger partial charge is 0.478 e. The van der Waals surface area contributed by atoms with E-state index in [9.17, 15) is 14.9 Å². The Hall–Kier alpha value is -2.37. The molecule has 1 rings (SSSR count). The molecule has 6 nitrogen and oxygen atoms in total. The molecule has 0 spiro atoms. The lowest BCUT2D eigenvalue weighted by Gasteiger charge is -2.22. The third-order valence-electron chi connectivity index (χ3n) is 2.60. The van der Waals surface area contributed by atoms with Crippen molar-refractivity contribution in [3.8, 4) is 0 Å². The second-order valence-corrected chi connectivity index (χ2v) is 4.00. The smallest absolute Gasteiger partial charge is 0.335 e. The van der Waals surface area contributed by atoms with E-state index in [1.807, 2.05) is 6.92 Å². The summed E-state index contributed by atoms with van der Waals surface area (Å²) in [5.74, 6) is -1.18. The molecular formula is C13H16N2O4. The van der Waals surface area contributed by atoms with Crippen molar-refractivity contribution < 1.29 is 14.8 Å². The van der Waals surface area contributed by atoms with E-state index in [0.29, 0.717) is 18.8 Å². The molecule has 0 atom stereocenters. The van der Waals surface area contributed by atoms with Gasteiger partial charge in [0, 0.05) is 19.2 Å². The maximum Gasteiger partial charge on any atom is 0.335 e. The fourth-order valence-corrected chi connectivity index (χ4v) is 1.81. The van der Waals surface area contributed by atoms with E-state index in [2.05, 4.69) is 6.58 Å². The number of carboxylic acids is 1. The van der Waals surface area contributed by atoms with Crippen LogP contribution >= 0.6 is 0 Å². The quantitative estimate of drug-likeness (QED) is 0.465. The van der Waals surface area contributed by atoms with Crippen molar-refractivity contribution in [3.63, 3.8) is 0 Å². The SMILES string of the molecule is C=CCN(CCC)c1ccc(C(=O)O)cc1[N+](=O)[O-]. The van der Waals surface area contributed by atoms with Crippen molar-refractivity contribution in [2.45, 2.75) is 13.3 Å². The zero-order chi connectivity index (χ0) is 14.4. The van der Waals surface area contributed by atoms with Crippen molar-refractivity contribution in [1.29, 1.82) is 0 Å². The standard InChI is InChI=1S/C13H16N2O4/c1-3-7-14(8-4-2)11-6-5-10(13(16)17)9-12(11)15(18)19/h3,5-6,9H,1,4,7-8H2,2H3,(H,16,17). The number of carboxylic acid groups (broad SMARTS) is 1. The summed E-state index contributed by atoms with van der Waals surface area (Å²) in [5.41, 5.74) is 0.123. The lowest BCUT2D eigenvalue weighted by molar-refractivity contribution is -0.384. The van der Waals surface area contributed by atoms with Crippen molar-refractivity contribution in [3.05, 3.63) is 46.5 Å². The van der Waals surface area contributed by atoms with Crippen LogP contribution in [0.4, 0.5) is 11.4 Å². The Bertz CT molecular complexity index is 499. The minimum atomic E-state index is -1.18. The van der Waals surface area contributed by atoms with E-state index >= 15 is 0 Å². The molecule has 0 aliphatic carbocycles. The van der Waals surface area contributed by atoms with Crippen molar-refractivity contribution in [2.24, 2.45) is 0 Å². The van der Waals surface area contributed by atoms with Crippen LogP contribution in [0.15, 0.2) is 30.9 Å². The molecule has 0 heterocycles. The van der Waals surface area contributed by atoms with E-state index in [0.717, 1.165) is 12.5 Å². The fourth-order valence-electron chi connectivity index (χ4n) is 1.81. The van der Waals surface area contributed by atoms with Crippen LogP contribution in [0.1, 0.15) is 23.7 Å². The molecule has 0 radical (unpaired) electrons. The van der Waals surface area contributed by atoms with Gasteiger partial charge < -0.3 is 10.0 Å². The summed E-state index contributed by atoms with van der Waals surface area (Å²) < 4.78 is 0. The molecule has 0 unspecified atom stereocenters. The topological polar surface area (TPSA) is 83.7 Å². The first-order valence-electron chi connectivity index (χ1n) is 5.88. The molecule has 19 heavy (non-hydrogen) atoms. The van der Waals surface area contributed by atoms with E-state index in [1.165, 1.54) is 12.1 Å². The molecule has 6 heteroatoms. The van der Waals surface area contributed by atoms with Crippen LogP contribution in [0.25, 0.3) is 0 Å². The molecular weight excluding hydrogens is 248 g/mol. The average Bonchev–Trinajstić information content (AvgIpc) is 2.37. The van der Waals surface area contributed by atoms with Gasteiger partial charge in [-0.05, 0) is 18.6 Å². The third-order valence-corrected chi connectivity index (χ3v) is 2.60. The summed E-state index contributed by atoms with van der Waals surface area (Å²) in [6, 6.07) is 3.93. The average molecular weight is 264 g/mol. The number of aromatic carboxylic acids is 1. The maximum absolute atomic E-state index is 11.1. The minimum absolute atomic E-state index is 0.0921. The highest BCUT2D eigenvalue weighted by Crippen LogP contribution is 2.29. The molecule has 0 fully saturated rings. The minimum Gasteiger partial charge on any atom is -0.478 e. The summed E-state index contributed by atoms with van der Waals surface area (Å²) in [6.07, 6.45) is 2.48. The van der Waals surface area contributed by atoms with Crippen molar-refractivity contribution in [1.82, 2.24) is 0 Å². The van der Waals surface area contributed by atoms with Gasteiger partial charge >= 0.3 is 5.97 Å². The Kier molecular flexibility index (Phi) is 5.05. The molecule has 0 aliphatic rings. The number of anilines is 1. The van der Waals surface area contributed by atoms with Gasteiger partial charge in [0.25, 0.3) is 5.69 Å². The summed E-state index contributed by atoms with van der Waals surface area (Å²) >= 11 is 0. The Balaban J connectivity index is 3.27. The summed E-state index contributed by atoms with van der Waals surface area (Å²) in [6.45, 7) is 6.70. The zero-order valence-corrected chi connectivity index (χ0v) is 10.7. The van der Waals surface area contributed by atoms with Gasteiger partial charge in [-0.25, -0.2) is 4.79 Å². The van der Waals surface area contributed by atoms with E-state index in [-0.39, 0.29) is 11.3 Å². The van der Waals surface area contributed by atoms with Gasteiger partial charge in [-0.1, -0.05) is 13.0 Å². The van der Waals surface area contributed by atoms with Gasteiger partial charge in [-0.3, -0.25) is 10.1 Å². The van der Waals surface area contributed by atoms with Gasteiger partial charge in [0.1, 0.15) is 5.69 Å². The van der Waals surface area contributed by atoms with Crippen LogP contribution in [0.5, 0.6) is 0 Å².